The molecule has 3 unspecified atom stereocenters. The van der Waals surface area contributed by atoms with Crippen molar-refractivity contribution >= 4 is 54.3 Å². The van der Waals surface area contributed by atoms with Gasteiger partial charge in [-0.3, -0.25) is 16.0 Å². The highest BCUT2D eigenvalue weighted by Crippen LogP contribution is 2.39. The minimum Gasteiger partial charge on any atom is -0.456 e. The van der Waals surface area contributed by atoms with E-state index in [0.29, 0.717) is 0 Å². The molecule has 0 saturated carbocycles. The van der Waals surface area contributed by atoms with Crippen LogP contribution in [0.5, 0.6) is 0 Å². The number of nitrogens with one attached hydrogen (secondary N) is 3. The van der Waals surface area contributed by atoms with Gasteiger partial charge in [-0.25, -0.2) is 0 Å². The van der Waals surface area contributed by atoms with Crippen LogP contribution in [0.2, 0.25) is 0 Å². The van der Waals surface area contributed by atoms with Crippen LogP contribution >= 0.6 is 0 Å². The molecule has 8 aromatic carbocycles. The molecular weight excluding hydrogens is 599 g/mol. The van der Waals surface area contributed by atoms with Crippen LogP contribution in [-0.2, 0) is 0 Å². The largest absolute Gasteiger partial charge is 0.456 e. The van der Waals surface area contributed by atoms with Gasteiger partial charge >= 0.3 is 0 Å². The Morgan fingerprint density at radius 1 is 0.347 bits per heavy atom. The molecule has 1 aromatic heterocycles. The van der Waals surface area contributed by atoms with E-state index in [2.05, 4.69) is 168 Å². The van der Waals surface area contributed by atoms with E-state index in [1.54, 1.807) is 0 Å². The van der Waals surface area contributed by atoms with Crippen LogP contribution in [0.15, 0.2) is 168 Å². The Hall–Kier alpha value is -5.78. The summed E-state index contributed by atoms with van der Waals surface area (Å²) in [6, 6.07) is 58.7. The van der Waals surface area contributed by atoms with Crippen molar-refractivity contribution in [2.75, 3.05) is 0 Å². The van der Waals surface area contributed by atoms with Crippen LogP contribution in [0.4, 0.5) is 0 Å². The highest BCUT2D eigenvalue weighted by molar-refractivity contribution is 6.14. The normalized spacial score (nSPS) is 18.2. The minimum absolute atomic E-state index is 0.0675. The molecule has 49 heavy (non-hydrogen) atoms. The molecule has 234 valence electrons. The lowest BCUT2D eigenvalue weighted by Gasteiger charge is -2.40. The number of hydrogen-bond donors (Lipinski definition) is 3. The van der Waals surface area contributed by atoms with E-state index < -0.39 is 0 Å². The first-order valence-electron chi connectivity index (χ1n) is 16.9. The summed E-state index contributed by atoms with van der Waals surface area (Å²) in [6.45, 7) is 0. The Morgan fingerprint density at radius 3 is 1.76 bits per heavy atom. The summed E-state index contributed by atoms with van der Waals surface area (Å²) in [4.78, 5) is 0. The first kappa shape index (κ1) is 28.3. The van der Waals surface area contributed by atoms with Crippen LogP contribution < -0.4 is 16.0 Å². The number of fused-ring (bicyclic) bond motifs is 7. The van der Waals surface area contributed by atoms with Crippen molar-refractivity contribution in [3.8, 4) is 11.1 Å². The van der Waals surface area contributed by atoms with Crippen LogP contribution in [0.1, 0.15) is 35.2 Å². The van der Waals surface area contributed by atoms with Gasteiger partial charge in [0, 0.05) is 10.8 Å². The Kier molecular flexibility index (Phi) is 6.59. The zero-order chi connectivity index (χ0) is 32.3. The average Bonchev–Trinajstić information content (AvgIpc) is 3.55. The topological polar surface area (TPSA) is 49.2 Å². The number of hydrogen-bond acceptors (Lipinski definition) is 4. The van der Waals surface area contributed by atoms with Gasteiger partial charge in [0.15, 0.2) is 0 Å². The molecule has 0 spiro atoms. The van der Waals surface area contributed by atoms with Crippen molar-refractivity contribution in [3.63, 3.8) is 0 Å². The van der Waals surface area contributed by atoms with Gasteiger partial charge in [-0.2, -0.15) is 0 Å². The second-order valence-electron chi connectivity index (χ2n) is 13.0. The standard InChI is InChI=1S/C45H33N3O/c1-2-11-30(12-3-1)43-46-44(31-20-18-28(19-21-31)32-23-24-37-36-16-8-9-17-40(36)49-41(37)27-32)48-45(47-43)42-35-15-7-5-13-33(35)26-39-34-14-6-4-10-29(34)22-25-38(39)42/h1-27,43-48H. The Balaban J connectivity index is 1.07. The van der Waals surface area contributed by atoms with Gasteiger partial charge in [0.1, 0.15) is 11.2 Å². The lowest BCUT2D eigenvalue weighted by atomic mass is 9.91. The predicted molar refractivity (Wildman–Crippen MR) is 202 cm³/mol. The van der Waals surface area contributed by atoms with Crippen molar-refractivity contribution in [2.45, 2.75) is 18.5 Å². The second kappa shape index (κ2) is 11.4. The van der Waals surface area contributed by atoms with Gasteiger partial charge < -0.3 is 4.42 Å². The van der Waals surface area contributed by atoms with Crippen molar-refractivity contribution in [3.05, 3.63) is 180 Å². The van der Waals surface area contributed by atoms with Gasteiger partial charge in [-0.15, -0.1) is 0 Å². The SMILES string of the molecule is c1ccc(C2NC(c3ccc(-c4ccc5c(c4)oc4ccccc45)cc3)NC(c3c4ccccc4cc4c3ccc3ccccc34)N2)cc1. The minimum atomic E-state index is -0.124. The third-order valence-corrected chi connectivity index (χ3v) is 10.2. The van der Waals surface area contributed by atoms with Crippen LogP contribution in [0, 0.1) is 0 Å². The van der Waals surface area contributed by atoms with Crippen molar-refractivity contribution in [1.29, 1.82) is 0 Å². The van der Waals surface area contributed by atoms with Gasteiger partial charge in [0.25, 0.3) is 0 Å². The van der Waals surface area contributed by atoms with Crippen LogP contribution in [0.25, 0.3) is 65.4 Å². The zero-order valence-electron chi connectivity index (χ0n) is 26.7. The van der Waals surface area contributed by atoms with Gasteiger partial charge in [0.2, 0.25) is 0 Å². The Labute approximate surface area is 284 Å². The molecule has 0 aliphatic carbocycles. The lowest BCUT2D eigenvalue weighted by Crippen LogP contribution is -2.54. The summed E-state index contributed by atoms with van der Waals surface area (Å²) < 4.78 is 6.20. The fourth-order valence-corrected chi connectivity index (χ4v) is 7.78. The first-order chi connectivity index (χ1) is 24.3. The van der Waals surface area contributed by atoms with Crippen molar-refractivity contribution in [1.82, 2.24) is 16.0 Å². The van der Waals surface area contributed by atoms with E-state index in [1.807, 2.05) is 12.1 Å². The summed E-state index contributed by atoms with van der Waals surface area (Å²) in [5.74, 6) is 0. The summed E-state index contributed by atoms with van der Waals surface area (Å²) in [5, 5.41) is 21.6. The molecule has 1 saturated heterocycles. The maximum Gasteiger partial charge on any atom is 0.136 e. The highest BCUT2D eigenvalue weighted by Gasteiger charge is 2.31. The third-order valence-electron chi connectivity index (χ3n) is 10.2. The summed E-state index contributed by atoms with van der Waals surface area (Å²) in [5.41, 5.74) is 7.76. The highest BCUT2D eigenvalue weighted by atomic mass is 16.3. The molecule has 0 amide bonds. The van der Waals surface area contributed by atoms with Gasteiger partial charge in [0.05, 0.1) is 18.5 Å². The maximum atomic E-state index is 6.20. The molecular formula is C45H33N3O. The Morgan fingerprint density at radius 2 is 0.939 bits per heavy atom. The fourth-order valence-electron chi connectivity index (χ4n) is 7.78. The molecule has 9 aromatic rings. The smallest absolute Gasteiger partial charge is 0.136 e. The number of furan rings is 1. The van der Waals surface area contributed by atoms with Crippen LogP contribution in [-0.4, -0.2) is 0 Å². The maximum absolute atomic E-state index is 6.20. The molecule has 3 atom stereocenters. The second-order valence-corrected chi connectivity index (χ2v) is 13.0. The molecule has 10 rings (SSSR count). The number of rotatable bonds is 4. The van der Waals surface area contributed by atoms with E-state index >= 15 is 0 Å². The van der Waals surface area contributed by atoms with Gasteiger partial charge in [-0.05, 0) is 84.4 Å². The van der Waals surface area contributed by atoms with Gasteiger partial charge in [-0.1, -0.05) is 140 Å². The fraction of sp³-hybridized carbons (Fsp3) is 0.0667. The molecule has 0 bridgehead atoms. The average molecular weight is 632 g/mol. The monoisotopic (exact) mass is 631 g/mol. The van der Waals surface area contributed by atoms with Crippen LogP contribution in [0.3, 0.4) is 0 Å². The predicted octanol–water partition coefficient (Wildman–Crippen LogP) is 10.9. The molecule has 4 nitrogen and oxygen atoms in total. The van der Waals surface area contributed by atoms with E-state index in [9.17, 15) is 0 Å². The van der Waals surface area contributed by atoms with Crippen molar-refractivity contribution in [2.24, 2.45) is 0 Å². The molecule has 4 heteroatoms. The van der Waals surface area contributed by atoms with E-state index in [0.717, 1.165) is 33.1 Å². The zero-order valence-corrected chi connectivity index (χ0v) is 26.7. The molecule has 2 heterocycles. The van der Waals surface area contributed by atoms with Crippen molar-refractivity contribution < 1.29 is 4.42 Å². The molecule has 1 aliphatic rings. The summed E-state index contributed by atoms with van der Waals surface area (Å²) in [6.07, 6.45) is -0.290. The van der Waals surface area contributed by atoms with E-state index in [-0.39, 0.29) is 18.5 Å². The molecule has 3 N–H and O–H groups in total. The van der Waals surface area contributed by atoms with E-state index in [1.165, 1.54) is 49.0 Å². The summed E-state index contributed by atoms with van der Waals surface area (Å²) in [7, 11) is 0. The Bertz CT molecular complexity index is 2660. The third kappa shape index (κ3) is 4.81. The molecule has 1 fully saturated rings. The molecule has 0 radical (unpaired) electrons. The molecule has 1 aliphatic heterocycles. The first-order valence-corrected chi connectivity index (χ1v) is 16.9. The summed E-state index contributed by atoms with van der Waals surface area (Å²) >= 11 is 0. The number of benzene rings is 8. The quantitative estimate of drug-likeness (QED) is 0.134. The van der Waals surface area contributed by atoms with E-state index in [4.69, 9.17) is 4.42 Å². The lowest BCUT2D eigenvalue weighted by molar-refractivity contribution is 0.205. The number of para-hydroxylation sites is 1.